The SMILES string of the molecule is COc1ccc(NC(=O)N[C@@H]2[C@@H](O)[C@H](O)[C@@H](CO)O[C@@H]2O)cc1. The van der Waals surface area contributed by atoms with Gasteiger partial charge < -0.3 is 40.5 Å². The molecule has 0 radical (unpaired) electrons. The lowest BCUT2D eigenvalue weighted by atomic mass is 9.97. The number of anilines is 1. The molecule has 1 fully saturated rings. The molecular formula is C14H20N2O7. The number of ether oxygens (including phenoxy) is 2. The molecule has 23 heavy (non-hydrogen) atoms. The van der Waals surface area contributed by atoms with Crippen molar-refractivity contribution in [1.29, 1.82) is 0 Å². The molecule has 2 rings (SSSR count). The highest BCUT2D eigenvalue weighted by molar-refractivity contribution is 5.89. The lowest BCUT2D eigenvalue weighted by Crippen LogP contribution is -2.64. The molecule has 1 aliphatic heterocycles. The minimum atomic E-state index is -1.56. The Kier molecular flexibility index (Phi) is 5.74. The van der Waals surface area contributed by atoms with Gasteiger partial charge in [0.05, 0.1) is 13.7 Å². The number of nitrogens with one attached hydrogen (secondary N) is 2. The Balaban J connectivity index is 1.95. The van der Waals surface area contributed by atoms with Crippen LogP contribution in [0.25, 0.3) is 0 Å². The largest absolute Gasteiger partial charge is 0.497 e. The summed E-state index contributed by atoms with van der Waals surface area (Å²) in [6.07, 6.45) is -5.61. The number of aliphatic hydroxyl groups is 4. The molecular weight excluding hydrogens is 308 g/mol. The van der Waals surface area contributed by atoms with E-state index in [4.69, 9.17) is 14.6 Å². The van der Waals surface area contributed by atoms with Gasteiger partial charge in [-0.1, -0.05) is 0 Å². The first-order chi connectivity index (χ1) is 11.0. The van der Waals surface area contributed by atoms with Crippen LogP contribution in [0.3, 0.4) is 0 Å². The highest BCUT2D eigenvalue weighted by Crippen LogP contribution is 2.20. The van der Waals surface area contributed by atoms with Crippen molar-refractivity contribution in [3.05, 3.63) is 24.3 Å². The molecule has 0 saturated carbocycles. The van der Waals surface area contributed by atoms with E-state index in [9.17, 15) is 20.1 Å². The third-order valence-electron chi connectivity index (χ3n) is 3.55. The predicted molar refractivity (Wildman–Crippen MR) is 78.9 cm³/mol. The van der Waals surface area contributed by atoms with Gasteiger partial charge in [0.2, 0.25) is 0 Å². The number of amides is 2. The molecule has 0 spiro atoms. The van der Waals surface area contributed by atoms with E-state index in [0.29, 0.717) is 11.4 Å². The number of hydrogen-bond acceptors (Lipinski definition) is 7. The predicted octanol–water partition coefficient (Wildman–Crippen LogP) is -1.38. The van der Waals surface area contributed by atoms with Crippen molar-refractivity contribution >= 4 is 11.7 Å². The van der Waals surface area contributed by atoms with Crippen molar-refractivity contribution in [2.45, 2.75) is 30.6 Å². The van der Waals surface area contributed by atoms with Gasteiger partial charge in [-0.3, -0.25) is 0 Å². The number of hydrogen-bond donors (Lipinski definition) is 6. The average Bonchev–Trinajstić information content (AvgIpc) is 2.55. The third kappa shape index (κ3) is 4.09. The summed E-state index contributed by atoms with van der Waals surface area (Å²) in [4.78, 5) is 11.9. The molecule has 1 saturated heterocycles. The molecule has 0 aromatic heterocycles. The minimum absolute atomic E-state index is 0.470. The fraction of sp³-hybridized carbons (Fsp3) is 0.500. The van der Waals surface area contributed by atoms with E-state index >= 15 is 0 Å². The Morgan fingerprint density at radius 2 is 1.87 bits per heavy atom. The Bertz CT molecular complexity index is 524. The zero-order valence-corrected chi connectivity index (χ0v) is 12.4. The zero-order valence-electron chi connectivity index (χ0n) is 12.4. The number of aliphatic hydroxyl groups excluding tert-OH is 4. The highest BCUT2D eigenvalue weighted by atomic mass is 16.6. The van der Waals surface area contributed by atoms with Crippen LogP contribution in [0.15, 0.2) is 24.3 Å². The molecule has 9 nitrogen and oxygen atoms in total. The second-order valence-corrected chi connectivity index (χ2v) is 5.08. The number of carbonyl (C=O) groups is 1. The molecule has 1 heterocycles. The Morgan fingerprint density at radius 3 is 2.43 bits per heavy atom. The number of urea groups is 1. The maximum Gasteiger partial charge on any atom is 0.319 e. The molecule has 5 atom stereocenters. The summed E-state index contributed by atoms with van der Waals surface area (Å²) < 4.78 is 9.95. The molecule has 1 aromatic carbocycles. The molecule has 0 unspecified atom stereocenters. The Hall–Kier alpha value is -1.91. The summed E-state index contributed by atoms with van der Waals surface area (Å²) in [5.74, 6) is 0.626. The third-order valence-corrected chi connectivity index (χ3v) is 3.55. The lowest BCUT2D eigenvalue weighted by Gasteiger charge is -2.40. The maximum absolute atomic E-state index is 11.9. The standard InChI is InChI=1S/C14H20N2O7/c1-22-8-4-2-7(3-5-8)15-14(21)16-10-12(19)11(18)9(6-17)23-13(10)20/h2-5,9-13,17-20H,6H2,1H3,(H2,15,16,21)/t9-,10-,11-,12-,13+/m1/s1. The van der Waals surface area contributed by atoms with Crippen molar-refractivity contribution in [3.63, 3.8) is 0 Å². The number of rotatable bonds is 4. The molecule has 2 amide bonds. The summed E-state index contributed by atoms with van der Waals surface area (Å²) in [5, 5.41) is 43.3. The van der Waals surface area contributed by atoms with Crippen molar-refractivity contribution < 1.29 is 34.7 Å². The van der Waals surface area contributed by atoms with Gasteiger partial charge in [-0.2, -0.15) is 0 Å². The Morgan fingerprint density at radius 1 is 1.22 bits per heavy atom. The molecule has 9 heteroatoms. The normalized spacial score (nSPS) is 30.6. The van der Waals surface area contributed by atoms with Crippen LogP contribution in [0.2, 0.25) is 0 Å². The maximum atomic E-state index is 11.9. The van der Waals surface area contributed by atoms with Gasteiger partial charge in [-0.05, 0) is 24.3 Å². The van der Waals surface area contributed by atoms with Crippen molar-refractivity contribution in [3.8, 4) is 5.75 Å². The molecule has 0 aliphatic carbocycles. The van der Waals surface area contributed by atoms with Gasteiger partial charge in [-0.15, -0.1) is 0 Å². The molecule has 1 aromatic rings. The first-order valence-electron chi connectivity index (χ1n) is 6.98. The number of benzene rings is 1. The van der Waals surface area contributed by atoms with Crippen molar-refractivity contribution in [2.75, 3.05) is 19.0 Å². The summed E-state index contributed by atoms with van der Waals surface area (Å²) in [6, 6.07) is 4.58. The van der Waals surface area contributed by atoms with Gasteiger partial charge in [0, 0.05) is 5.69 Å². The van der Waals surface area contributed by atoms with Crippen LogP contribution in [0.1, 0.15) is 0 Å². The second kappa shape index (κ2) is 7.57. The van der Waals surface area contributed by atoms with Gasteiger partial charge in [-0.25, -0.2) is 4.79 Å². The van der Waals surface area contributed by atoms with E-state index in [2.05, 4.69) is 10.6 Å². The molecule has 6 N–H and O–H groups in total. The lowest BCUT2D eigenvalue weighted by molar-refractivity contribution is -0.252. The van der Waals surface area contributed by atoms with E-state index < -0.39 is 43.3 Å². The van der Waals surface area contributed by atoms with Gasteiger partial charge >= 0.3 is 6.03 Å². The Labute approximate surface area is 132 Å². The van der Waals surface area contributed by atoms with E-state index in [1.165, 1.54) is 7.11 Å². The van der Waals surface area contributed by atoms with E-state index in [1.807, 2.05) is 0 Å². The summed E-state index contributed by atoms with van der Waals surface area (Å²) in [6.45, 7) is -0.569. The van der Waals surface area contributed by atoms with Gasteiger partial charge in [0.25, 0.3) is 0 Å². The van der Waals surface area contributed by atoms with E-state index in [0.717, 1.165) is 0 Å². The fourth-order valence-corrected chi connectivity index (χ4v) is 2.25. The fourth-order valence-electron chi connectivity index (χ4n) is 2.25. The quantitative estimate of drug-likeness (QED) is 0.400. The molecule has 128 valence electrons. The number of methoxy groups -OCH3 is 1. The first-order valence-corrected chi connectivity index (χ1v) is 6.98. The van der Waals surface area contributed by atoms with Crippen LogP contribution >= 0.6 is 0 Å². The van der Waals surface area contributed by atoms with Crippen LogP contribution in [0, 0.1) is 0 Å². The topological polar surface area (TPSA) is 141 Å². The summed E-state index contributed by atoms with van der Waals surface area (Å²) in [7, 11) is 1.52. The average molecular weight is 328 g/mol. The number of carbonyl (C=O) groups excluding carboxylic acids is 1. The van der Waals surface area contributed by atoms with Crippen LogP contribution < -0.4 is 15.4 Å². The smallest absolute Gasteiger partial charge is 0.319 e. The van der Waals surface area contributed by atoms with Crippen molar-refractivity contribution in [1.82, 2.24) is 5.32 Å². The van der Waals surface area contributed by atoms with E-state index in [-0.39, 0.29) is 0 Å². The van der Waals surface area contributed by atoms with Gasteiger partial charge in [0.1, 0.15) is 30.1 Å². The molecule has 0 bridgehead atoms. The van der Waals surface area contributed by atoms with Crippen LogP contribution in [0.4, 0.5) is 10.5 Å². The molecule has 1 aliphatic rings. The van der Waals surface area contributed by atoms with Crippen LogP contribution in [-0.4, -0.2) is 70.8 Å². The van der Waals surface area contributed by atoms with Crippen LogP contribution in [-0.2, 0) is 4.74 Å². The summed E-state index contributed by atoms with van der Waals surface area (Å²) in [5.41, 5.74) is 0.470. The first kappa shape index (κ1) is 17.4. The van der Waals surface area contributed by atoms with Crippen molar-refractivity contribution in [2.24, 2.45) is 0 Å². The minimum Gasteiger partial charge on any atom is -0.497 e. The van der Waals surface area contributed by atoms with E-state index in [1.54, 1.807) is 24.3 Å². The summed E-state index contributed by atoms with van der Waals surface area (Å²) >= 11 is 0. The highest BCUT2D eigenvalue weighted by Gasteiger charge is 2.44. The zero-order chi connectivity index (χ0) is 17.0. The monoisotopic (exact) mass is 328 g/mol. The second-order valence-electron chi connectivity index (χ2n) is 5.08. The van der Waals surface area contributed by atoms with Gasteiger partial charge in [0.15, 0.2) is 6.29 Å². The van der Waals surface area contributed by atoms with Crippen LogP contribution in [0.5, 0.6) is 5.75 Å².